The normalized spacial score (nSPS) is 12.4. The average Bonchev–Trinajstić information content (AvgIpc) is 0.785. The van der Waals surface area contributed by atoms with Gasteiger partial charge < -0.3 is 98.6 Å². The maximum Gasteiger partial charge on any atom is 0.537 e. The van der Waals surface area contributed by atoms with Crippen molar-refractivity contribution in [2.45, 2.75) is 189 Å². The van der Waals surface area contributed by atoms with Crippen molar-refractivity contribution in [2.75, 3.05) is 175 Å². The predicted molar refractivity (Wildman–Crippen MR) is 533 cm³/mol. The van der Waals surface area contributed by atoms with E-state index < -0.39 is 101 Å². The monoisotopic (exact) mass is 2060 g/mol. The van der Waals surface area contributed by atoms with Crippen LogP contribution in [-0.2, 0) is 141 Å². The van der Waals surface area contributed by atoms with Crippen molar-refractivity contribution in [1.82, 2.24) is 18.4 Å². The third kappa shape index (κ3) is 41.5. The van der Waals surface area contributed by atoms with Gasteiger partial charge in [0.05, 0.1) is 53.3 Å². The molecule has 6 rings (SSSR count). The van der Waals surface area contributed by atoms with Gasteiger partial charge in [0.1, 0.15) is 22.4 Å². The molecule has 1 N–H and O–H groups in total. The summed E-state index contributed by atoms with van der Waals surface area (Å²) in [6, 6.07) is 41.1. The molecule has 1 unspecified atom stereocenters. The molecule has 0 radical (unpaired) electrons. The van der Waals surface area contributed by atoms with Gasteiger partial charge in [0.15, 0.2) is 22.9 Å². The molecule has 0 aliphatic carbocycles. The van der Waals surface area contributed by atoms with Gasteiger partial charge in [0.2, 0.25) is 10.0 Å². The smallest absolute Gasteiger partial charge is 0.468 e. The maximum absolute atomic E-state index is 12.6. The molecule has 0 aliphatic heterocycles. The first-order valence-electron chi connectivity index (χ1n) is 45.2. The lowest BCUT2D eigenvalue weighted by Gasteiger charge is -2.37. The molecular formula is C89H156N4O32S3Si6. The van der Waals surface area contributed by atoms with E-state index in [4.69, 9.17) is 111 Å². The van der Waals surface area contributed by atoms with Crippen LogP contribution in [0.25, 0.3) is 0 Å². The van der Waals surface area contributed by atoms with Crippen LogP contribution in [0.5, 0.6) is 11.5 Å². The summed E-state index contributed by atoms with van der Waals surface area (Å²) in [5, 5.41) is 2.69. The van der Waals surface area contributed by atoms with Crippen LogP contribution in [-0.4, -0.2) is 265 Å². The highest BCUT2D eigenvalue weighted by Gasteiger charge is 2.47. The Bertz CT molecular complexity index is 4310. The Morgan fingerprint density at radius 2 is 0.687 bits per heavy atom. The lowest BCUT2D eigenvalue weighted by molar-refractivity contribution is -0.0382. The van der Waals surface area contributed by atoms with Crippen molar-refractivity contribution in [3.8, 4) is 11.5 Å². The van der Waals surface area contributed by atoms with Gasteiger partial charge in [-0.1, -0.05) is 84.9 Å². The molecule has 766 valence electrons. The van der Waals surface area contributed by atoms with Crippen LogP contribution >= 0.6 is 10.9 Å². The maximum atomic E-state index is 12.6. The number of sulfonamides is 1. The number of nitrogens with one attached hydrogen (secondary N) is 1. The zero-order chi connectivity index (χ0) is 101. The van der Waals surface area contributed by atoms with Crippen LogP contribution in [0.2, 0.25) is 18.1 Å². The lowest BCUT2D eigenvalue weighted by Crippen LogP contribution is -2.56. The van der Waals surface area contributed by atoms with Crippen molar-refractivity contribution >= 4 is 99.1 Å². The van der Waals surface area contributed by atoms with Crippen molar-refractivity contribution < 1.29 is 128 Å². The first-order chi connectivity index (χ1) is 64.3. The summed E-state index contributed by atoms with van der Waals surface area (Å²) in [5.74, 6) is 1.51. The Kier molecular flexibility index (Phi) is 65.8. The molecule has 1 atom stereocenters. The number of benzene rings is 5. The van der Waals surface area contributed by atoms with Gasteiger partial charge >= 0.3 is 69.9 Å². The van der Waals surface area contributed by atoms with Crippen molar-refractivity contribution in [2.24, 2.45) is 0 Å². The standard InChI is InChI=1S/C18H31N3O6Si.C18H34O6SSi.C15H27NO5SSi.C15H26O5SSi.C12H20O5Si.C11H18O5Si/c1-6-12-19-16(22)20(13-7-2)18(24)21(17(19)23)14-11-15-28(25-8-3,26-9-4)27-10-5;1-7-19-25(20-8-2,21-9-3)17-13-15-18(16-14-17)26(22-10-4,23-11-5)24-12-6;1-4-19-23(20-5-2,21-6-3)14-10-13-16-22(17,18)15-11-8-7-9-12-15;1-4-18-22(19-5-2,20-6-3)14-10-13-21(16,17)15-11-8-7-9-12-15;1-10(13-2)17-11-6-8-12(9-7-11)18(14-3,15-4)16-5;1-12-9-16-10-5-7-11(8-6-10)17(13-2,14-3)15-4/h6-7H,1-2,8-15H2,3-5H3;13-16H,7-12H2,1-6H3;7-9,11-12,16H,4-6,10,13-14H2,1-3H3;7-9,11-12H,4-6,10,13-14H2,1-3H3;6-10H,1-5H3;5-8H,9H2,1-4H3. The Balaban J connectivity index is 0.000000810. The van der Waals surface area contributed by atoms with E-state index >= 15 is 0 Å². The largest absolute Gasteiger partial charge is 0.537 e. The summed E-state index contributed by atoms with van der Waals surface area (Å²) < 4.78 is 195. The fourth-order valence-corrected chi connectivity index (χ4v) is 31.5. The summed E-state index contributed by atoms with van der Waals surface area (Å²) in [5.41, 5.74) is -1.99. The van der Waals surface area contributed by atoms with E-state index in [0.29, 0.717) is 148 Å². The fraction of sp³-hybridized carbons (Fsp3) is 0.584. The molecule has 5 aromatic carbocycles. The van der Waals surface area contributed by atoms with E-state index in [-0.39, 0.29) is 43.4 Å². The van der Waals surface area contributed by atoms with Crippen LogP contribution in [0, 0.1) is 0 Å². The summed E-state index contributed by atoms with van der Waals surface area (Å²) in [6.45, 7) is 45.7. The molecule has 0 bridgehead atoms. The van der Waals surface area contributed by atoms with E-state index in [1.165, 1.54) is 12.2 Å². The summed E-state index contributed by atoms with van der Waals surface area (Å²) in [6.07, 6.45) is 4.08. The number of allylic oxidation sites excluding steroid dienone is 2. The highest BCUT2D eigenvalue weighted by Crippen LogP contribution is 2.58. The highest BCUT2D eigenvalue weighted by molar-refractivity contribution is 8.21. The van der Waals surface area contributed by atoms with E-state index in [9.17, 15) is 31.2 Å². The van der Waals surface area contributed by atoms with Gasteiger partial charge in [-0.3, -0.25) is 12.5 Å². The molecule has 0 spiro atoms. The molecule has 134 heavy (non-hydrogen) atoms. The van der Waals surface area contributed by atoms with E-state index in [1.54, 1.807) is 118 Å². The van der Waals surface area contributed by atoms with Gasteiger partial charge in [-0.2, -0.15) is 0 Å². The first-order valence-corrected chi connectivity index (χ1v) is 60.7. The minimum absolute atomic E-state index is 0.0185. The second-order valence-corrected chi connectivity index (χ2v) is 49.9. The third-order valence-corrected chi connectivity index (χ3v) is 42.1. The number of hydrogen-bond acceptors (Lipinski definition) is 32. The molecule has 0 saturated heterocycles. The molecule has 0 amide bonds. The van der Waals surface area contributed by atoms with Crippen molar-refractivity contribution in [1.29, 1.82) is 0 Å². The number of ether oxygens (including phenoxy) is 4. The molecule has 45 heteroatoms. The average molecular weight is 2060 g/mol. The second-order valence-electron chi connectivity index (χ2n) is 27.3. The number of methoxy groups -OCH3 is 2. The lowest BCUT2D eigenvalue weighted by atomic mass is 10.3. The van der Waals surface area contributed by atoms with Crippen molar-refractivity contribution in [3.05, 3.63) is 190 Å². The molecule has 36 nitrogen and oxygen atoms in total. The van der Waals surface area contributed by atoms with Crippen molar-refractivity contribution in [3.63, 3.8) is 0 Å². The first kappa shape index (κ1) is 126. The molecule has 6 aromatic rings. The van der Waals surface area contributed by atoms with Gasteiger partial charge in [-0.15, -0.1) is 13.2 Å². The molecule has 0 fully saturated rings. The topological polar surface area (TPSA) is 377 Å². The summed E-state index contributed by atoms with van der Waals surface area (Å²) in [7, 11) is -13.1. The number of nitrogens with zero attached hydrogens (tertiary/aromatic N) is 3. The van der Waals surface area contributed by atoms with Crippen LogP contribution in [0.3, 0.4) is 0 Å². The van der Waals surface area contributed by atoms with Crippen LogP contribution in [0.4, 0.5) is 0 Å². The SMILES string of the molecule is C=CCn1c(=O)n(CC=C)c(=O)n(CCC[Si](OCC)(OCC)OCC)c1=O.CCO[Si](CCCNS(=O)(=O)c1ccccc1)(OCC)OCC.CCO[Si](CCCS(=O)(=O)c1ccccc1)(OCC)OCC.CCO[Si](OCC)(OCC)c1ccc(S(OCC)(OCC)OCC)cc1.COC(C)Oc1ccc([Si](OC)(OC)OC)cc1.COCOc1ccc([Si](OC)(OC)OC)cc1. The summed E-state index contributed by atoms with van der Waals surface area (Å²) >= 11 is 0. The summed E-state index contributed by atoms with van der Waals surface area (Å²) in [4.78, 5) is 39.2. The van der Waals surface area contributed by atoms with E-state index in [0.717, 1.165) is 45.7 Å². The third-order valence-electron chi connectivity index (χ3n) is 18.5. The number of rotatable bonds is 65. The van der Waals surface area contributed by atoms with Gasteiger partial charge in [-0.25, -0.2) is 49.6 Å². The Morgan fingerprint density at radius 1 is 0.366 bits per heavy atom. The van der Waals surface area contributed by atoms with E-state index in [1.807, 2.05) is 184 Å². The Morgan fingerprint density at radius 3 is 1.01 bits per heavy atom. The Hall–Kier alpha value is -5.82. The quantitative estimate of drug-likeness (QED) is 0.0160. The molecule has 0 aliphatic rings. The van der Waals surface area contributed by atoms with Crippen LogP contribution in [0.1, 0.15) is 130 Å². The molecule has 1 aromatic heterocycles. The zero-order valence-electron chi connectivity index (χ0n) is 83.6. The fourth-order valence-electron chi connectivity index (χ4n) is 12.9. The van der Waals surface area contributed by atoms with Gasteiger partial charge in [0.25, 0.3) is 0 Å². The Labute approximate surface area is 806 Å². The van der Waals surface area contributed by atoms with Crippen LogP contribution in [0.15, 0.2) is 188 Å². The minimum Gasteiger partial charge on any atom is -0.468 e. The molecular weight excluding hydrogens is 1900 g/mol. The minimum atomic E-state index is -3.47. The molecule has 0 saturated carbocycles. The highest BCUT2D eigenvalue weighted by atomic mass is 32.3. The van der Waals surface area contributed by atoms with E-state index in [2.05, 4.69) is 17.9 Å². The predicted octanol–water partition coefficient (Wildman–Crippen LogP) is 12.1. The number of aromatic nitrogens is 3. The van der Waals surface area contributed by atoms with Crippen LogP contribution < -0.4 is 46.8 Å². The zero-order valence-corrected chi connectivity index (χ0v) is 92.0. The molecule has 1 heterocycles. The number of hydrogen-bond donors (Lipinski definition) is 1. The van der Waals surface area contributed by atoms with Gasteiger partial charge in [-0.05, 0) is 191 Å². The number of sulfone groups is 1. The second kappa shape index (κ2) is 69.9. The van der Waals surface area contributed by atoms with Gasteiger partial charge in [0, 0.05) is 183 Å².